The van der Waals surface area contributed by atoms with Crippen molar-refractivity contribution in [3.8, 4) is 11.4 Å². The Kier molecular flexibility index (Phi) is 1.55. The van der Waals surface area contributed by atoms with Crippen LogP contribution in [0.1, 0.15) is 5.82 Å². The molecule has 0 amide bonds. The monoisotopic (exact) mass is 223 g/mol. The molecule has 1 aromatic carbocycles. The number of ether oxygens (including phenoxy) is 1. The van der Waals surface area contributed by atoms with Gasteiger partial charge in [-0.3, -0.25) is 4.57 Å². The second-order valence-corrected chi connectivity index (χ2v) is 3.47. The molecular weight excluding hydrogens is 216 g/mol. The van der Waals surface area contributed by atoms with Crippen molar-refractivity contribution in [3.05, 3.63) is 36.4 Å². The van der Waals surface area contributed by atoms with E-state index in [0.717, 1.165) is 0 Å². The standard InChI is InChI=1S/C10H7F2N3O/c11-10(12)9-14-3-4-15(9)7-2-1-6(13)5-8(7)16-10/h1-5H,13H2. The highest BCUT2D eigenvalue weighted by molar-refractivity contribution is 5.57. The molecule has 0 radical (unpaired) electrons. The molecule has 0 aliphatic carbocycles. The third-order valence-electron chi connectivity index (χ3n) is 2.38. The minimum absolute atomic E-state index is 0.0514. The maximum atomic E-state index is 13.5. The number of alkyl halides is 2. The van der Waals surface area contributed by atoms with Gasteiger partial charge in [-0.2, -0.15) is 8.78 Å². The van der Waals surface area contributed by atoms with Gasteiger partial charge in [-0.05, 0) is 12.1 Å². The summed E-state index contributed by atoms with van der Waals surface area (Å²) in [4.78, 5) is 3.59. The van der Waals surface area contributed by atoms with Gasteiger partial charge in [0.1, 0.15) is 0 Å². The first-order chi connectivity index (χ1) is 7.58. The Bertz CT molecular complexity index is 565. The number of hydrogen-bond acceptors (Lipinski definition) is 3. The number of aromatic nitrogens is 2. The molecule has 1 aromatic heterocycles. The van der Waals surface area contributed by atoms with Crippen LogP contribution < -0.4 is 10.5 Å². The van der Waals surface area contributed by atoms with Crippen LogP contribution >= 0.6 is 0 Å². The summed E-state index contributed by atoms with van der Waals surface area (Å²) < 4.78 is 32.9. The van der Waals surface area contributed by atoms with Gasteiger partial charge in [-0.15, -0.1) is 0 Å². The Labute approximate surface area is 89.3 Å². The fourth-order valence-corrected chi connectivity index (χ4v) is 1.71. The first-order valence-electron chi connectivity index (χ1n) is 4.58. The minimum atomic E-state index is -3.43. The van der Waals surface area contributed by atoms with E-state index in [-0.39, 0.29) is 5.75 Å². The number of anilines is 1. The molecule has 6 heteroatoms. The van der Waals surface area contributed by atoms with Crippen molar-refractivity contribution in [2.75, 3.05) is 5.73 Å². The fourth-order valence-electron chi connectivity index (χ4n) is 1.71. The van der Waals surface area contributed by atoms with E-state index in [1.165, 1.54) is 23.0 Å². The molecular formula is C10H7F2N3O. The summed E-state index contributed by atoms with van der Waals surface area (Å²) in [5, 5.41) is 0. The lowest BCUT2D eigenvalue weighted by molar-refractivity contribution is -0.197. The summed E-state index contributed by atoms with van der Waals surface area (Å²) in [6.45, 7) is 0. The van der Waals surface area contributed by atoms with Gasteiger partial charge < -0.3 is 10.5 Å². The average Bonchev–Trinajstić information content (AvgIpc) is 2.65. The molecule has 82 valence electrons. The van der Waals surface area contributed by atoms with Gasteiger partial charge >= 0.3 is 6.11 Å². The van der Waals surface area contributed by atoms with Gasteiger partial charge in [-0.25, -0.2) is 4.98 Å². The zero-order valence-electron chi connectivity index (χ0n) is 8.02. The Balaban J connectivity index is 2.30. The van der Waals surface area contributed by atoms with E-state index in [2.05, 4.69) is 9.72 Å². The largest absolute Gasteiger partial charge is 0.461 e. The Morgan fingerprint density at radius 3 is 3.00 bits per heavy atom. The molecule has 1 aliphatic heterocycles. The number of nitrogens with zero attached hydrogens (tertiary/aromatic N) is 2. The molecule has 16 heavy (non-hydrogen) atoms. The predicted molar refractivity (Wildman–Crippen MR) is 52.5 cm³/mol. The van der Waals surface area contributed by atoms with E-state index in [1.54, 1.807) is 12.1 Å². The lowest BCUT2D eigenvalue weighted by Crippen LogP contribution is -2.30. The van der Waals surface area contributed by atoms with Crippen LogP contribution in [0.25, 0.3) is 5.69 Å². The quantitative estimate of drug-likeness (QED) is 0.694. The number of hydrogen-bond donors (Lipinski definition) is 1. The van der Waals surface area contributed by atoms with Crippen LogP contribution in [0.15, 0.2) is 30.6 Å². The van der Waals surface area contributed by atoms with Crippen LogP contribution in [-0.4, -0.2) is 9.55 Å². The van der Waals surface area contributed by atoms with E-state index >= 15 is 0 Å². The van der Waals surface area contributed by atoms with Crippen LogP contribution in [0, 0.1) is 0 Å². The first kappa shape index (κ1) is 9.14. The topological polar surface area (TPSA) is 53.1 Å². The molecule has 0 atom stereocenters. The molecule has 2 N–H and O–H groups in total. The zero-order valence-corrected chi connectivity index (χ0v) is 8.02. The summed E-state index contributed by atoms with van der Waals surface area (Å²) in [7, 11) is 0. The zero-order chi connectivity index (χ0) is 11.3. The fraction of sp³-hybridized carbons (Fsp3) is 0.100. The lowest BCUT2D eigenvalue weighted by atomic mass is 10.2. The summed E-state index contributed by atoms with van der Waals surface area (Å²) >= 11 is 0. The van der Waals surface area contributed by atoms with Crippen LogP contribution in [0.4, 0.5) is 14.5 Å². The van der Waals surface area contributed by atoms with E-state index in [4.69, 9.17) is 5.73 Å². The second kappa shape index (κ2) is 2.72. The van der Waals surface area contributed by atoms with Crippen LogP contribution in [-0.2, 0) is 6.11 Å². The van der Waals surface area contributed by atoms with Crippen LogP contribution in [0.3, 0.4) is 0 Å². The lowest BCUT2D eigenvalue weighted by Gasteiger charge is -2.26. The van der Waals surface area contributed by atoms with Crippen molar-refractivity contribution in [2.24, 2.45) is 0 Å². The molecule has 0 unspecified atom stereocenters. The number of nitrogen functional groups attached to an aromatic ring is 1. The van der Waals surface area contributed by atoms with Crippen molar-refractivity contribution in [1.82, 2.24) is 9.55 Å². The van der Waals surface area contributed by atoms with Crippen molar-refractivity contribution < 1.29 is 13.5 Å². The summed E-state index contributed by atoms with van der Waals surface area (Å²) in [5.41, 5.74) is 6.40. The predicted octanol–water partition coefficient (Wildman–Crippen LogP) is 1.90. The summed E-state index contributed by atoms with van der Waals surface area (Å²) in [6.07, 6.45) is -0.664. The highest BCUT2D eigenvalue weighted by atomic mass is 19.3. The molecule has 4 nitrogen and oxygen atoms in total. The molecule has 2 aromatic rings. The molecule has 2 heterocycles. The third-order valence-corrected chi connectivity index (χ3v) is 2.38. The number of benzene rings is 1. The van der Waals surface area contributed by atoms with Crippen LogP contribution in [0.5, 0.6) is 5.75 Å². The maximum absolute atomic E-state index is 13.5. The summed E-state index contributed by atoms with van der Waals surface area (Å²) in [5.74, 6) is -0.375. The van der Waals surface area contributed by atoms with Gasteiger partial charge in [-0.1, -0.05) is 0 Å². The highest BCUT2D eigenvalue weighted by Crippen LogP contribution is 2.40. The van der Waals surface area contributed by atoms with Crippen molar-refractivity contribution in [3.63, 3.8) is 0 Å². The molecule has 1 aliphatic rings. The molecule has 0 saturated heterocycles. The summed E-state index contributed by atoms with van der Waals surface area (Å²) in [6, 6.07) is 4.60. The molecule has 3 rings (SSSR count). The van der Waals surface area contributed by atoms with Gasteiger partial charge in [0.15, 0.2) is 5.75 Å². The van der Waals surface area contributed by atoms with E-state index in [1.807, 2.05) is 0 Å². The third kappa shape index (κ3) is 1.09. The molecule has 0 fully saturated rings. The number of halogens is 2. The number of nitrogens with two attached hydrogens (primary N) is 1. The minimum Gasteiger partial charge on any atom is -0.424 e. The molecule has 0 spiro atoms. The van der Waals surface area contributed by atoms with Gasteiger partial charge in [0.2, 0.25) is 5.82 Å². The number of fused-ring (bicyclic) bond motifs is 3. The van der Waals surface area contributed by atoms with Crippen molar-refractivity contribution >= 4 is 5.69 Å². The average molecular weight is 223 g/mol. The number of imidazole rings is 1. The smallest absolute Gasteiger partial charge is 0.424 e. The van der Waals surface area contributed by atoms with Gasteiger partial charge in [0.25, 0.3) is 0 Å². The highest BCUT2D eigenvalue weighted by Gasteiger charge is 2.44. The SMILES string of the molecule is Nc1ccc2c(c1)OC(F)(F)c1nccn1-2. The van der Waals surface area contributed by atoms with Gasteiger partial charge in [0, 0.05) is 24.1 Å². The van der Waals surface area contributed by atoms with Crippen molar-refractivity contribution in [1.29, 1.82) is 0 Å². The second-order valence-electron chi connectivity index (χ2n) is 3.47. The Hall–Kier alpha value is -2.11. The van der Waals surface area contributed by atoms with E-state index < -0.39 is 11.9 Å². The first-order valence-corrected chi connectivity index (χ1v) is 4.58. The van der Waals surface area contributed by atoms with E-state index in [0.29, 0.717) is 11.4 Å². The molecule has 0 bridgehead atoms. The van der Waals surface area contributed by atoms with Crippen LogP contribution in [0.2, 0.25) is 0 Å². The molecule has 0 saturated carbocycles. The Morgan fingerprint density at radius 2 is 2.19 bits per heavy atom. The number of rotatable bonds is 0. The van der Waals surface area contributed by atoms with Crippen molar-refractivity contribution in [2.45, 2.75) is 6.11 Å². The normalized spacial score (nSPS) is 16.1. The van der Waals surface area contributed by atoms with E-state index in [9.17, 15) is 8.78 Å². The Morgan fingerprint density at radius 1 is 1.38 bits per heavy atom. The maximum Gasteiger partial charge on any atom is 0.461 e. The van der Waals surface area contributed by atoms with Gasteiger partial charge in [0.05, 0.1) is 5.69 Å².